The Labute approximate surface area is 159 Å². The number of amides is 1. The molecule has 6 heteroatoms. The van der Waals surface area contributed by atoms with Gasteiger partial charge in [-0.1, -0.05) is 24.3 Å². The molecule has 0 atom stereocenters. The normalized spacial score (nSPS) is 10.4. The number of carbonyl (C=O) groups excluding carboxylic acids is 1. The number of aromatic nitrogens is 3. The Morgan fingerprint density at radius 3 is 2.63 bits per heavy atom. The summed E-state index contributed by atoms with van der Waals surface area (Å²) < 4.78 is 0. The smallest absolute Gasteiger partial charge is 0.272 e. The van der Waals surface area contributed by atoms with Crippen LogP contribution in [0.25, 0.3) is 0 Å². The van der Waals surface area contributed by atoms with Gasteiger partial charge in [-0.3, -0.25) is 9.78 Å². The van der Waals surface area contributed by atoms with E-state index in [1.165, 1.54) is 11.1 Å². The van der Waals surface area contributed by atoms with Crippen LogP contribution in [0.15, 0.2) is 61.1 Å². The first-order valence-corrected chi connectivity index (χ1v) is 8.89. The zero-order chi connectivity index (χ0) is 19.1. The first-order chi connectivity index (χ1) is 13.1. The van der Waals surface area contributed by atoms with Crippen molar-refractivity contribution >= 4 is 11.9 Å². The first kappa shape index (κ1) is 18.5. The van der Waals surface area contributed by atoms with Crippen molar-refractivity contribution in [3.05, 3.63) is 83.4 Å². The Morgan fingerprint density at radius 2 is 1.85 bits per heavy atom. The van der Waals surface area contributed by atoms with Crippen LogP contribution in [0.1, 0.15) is 27.2 Å². The Balaban J connectivity index is 1.60. The summed E-state index contributed by atoms with van der Waals surface area (Å²) in [6, 6.07) is 13.7. The number of hydrogen-bond donors (Lipinski definition) is 1. The Morgan fingerprint density at radius 1 is 1.07 bits per heavy atom. The highest BCUT2D eigenvalue weighted by molar-refractivity contribution is 5.92. The fourth-order valence-electron chi connectivity index (χ4n) is 2.69. The van der Waals surface area contributed by atoms with Crippen LogP contribution in [0, 0.1) is 6.92 Å². The maximum atomic E-state index is 12.6. The highest BCUT2D eigenvalue weighted by Crippen LogP contribution is 2.10. The minimum Gasteiger partial charge on any atom is -0.350 e. The van der Waals surface area contributed by atoms with Crippen molar-refractivity contribution in [2.24, 2.45) is 0 Å². The summed E-state index contributed by atoms with van der Waals surface area (Å²) >= 11 is 0. The summed E-state index contributed by atoms with van der Waals surface area (Å²) in [5, 5.41) is 3.19. The minimum absolute atomic E-state index is 0.120. The minimum atomic E-state index is -0.120. The predicted octanol–water partition coefficient (Wildman–Crippen LogP) is 3.11. The van der Waals surface area contributed by atoms with Crippen LogP contribution in [0.4, 0.5) is 5.95 Å². The molecule has 2 aromatic heterocycles. The number of aryl methyl sites for hydroxylation is 1. The molecule has 3 rings (SSSR count). The number of anilines is 1. The molecule has 0 aliphatic carbocycles. The van der Waals surface area contributed by atoms with E-state index in [-0.39, 0.29) is 5.91 Å². The van der Waals surface area contributed by atoms with Crippen molar-refractivity contribution in [1.82, 2.24) is 19.9 Å². The van der Waals surface area contributed by atoms with Crippen molar-refractivity contribution in [2.45, 2.75) is 19.9 Å². The van der Waals surface area contributed by atoms with Gasteiger partial charge in [0.2, 0.25) is 5.95 Å². The average molecular weight is 361 g/mol. The predicted molar refractivity (Wildman–Crippen MR) is 105 cm³/mol. The highest BCUT2D eigenvalue weighted by Gasteiger charge is 2.14. The van der Waals surface area contributed by atoms with Crippen molar-refractivity contribution in [3.63, 3.8) is 0 Å². The van der Waals surface area contributed by atoms with Gasteiger partial charge in [-0.15, -0.1) is 0 Å². The van der Waals surface area contributed by atoms with E-state index in [2.05, 4.69) is 39.3 Å². The number of carbonyl (C=O) groups is 1. The molecule has 0 fully saturated rings. The van der Waals surface area contributed by atoms with Crippen LogP contribution in [-0.2, 0) is 13.0 Å². The standard InChI is InChI=1S/C21H23N5O/c1-16-5-3-4-6-18(16)15-24-21-23-13-9-19(25-21)20(27)26(2)14-10-17-7-11-22-12-8-17/h3-9,11-13H,10,14-15H2,1-2H3,(H,23,24,25). The number of hydrogen-bond acceptors (Lipinski definition) is 5. The number of nitrogens with zero attached hydrogens (tertiary/aromatic N) is 4. The number of pyridine rings is 1. The molecule has 0 bridgehead atoms. The van der Waals surface area contributed by atoms with Crippen LogP contribution in [0.2, 0.25) is 0 Å². The molecule has 1 N–H and O–H groups in total. The molecule has 138 valence electrons. The summed E-state index contributed by atoms with van der Waals surface area (Å²) in [7, 11) is 1.78. The van der Waals surface area contributed by atoms with Gasteiger partial charge in [-0.25, -0.2) is 9.97 Å². The van der Waals surface area contributed by atoms with E-state index in [0.717, 1.165) is 12.0 Å². The van der Waals surface area contributed by atoms with Crippen molar-refractivity contribution < 1.29 is 4.79 Å². The number of nitrogens with one attached hydrogen (secondary N) is 1. The lowest BCUT2D eigenvalue weighted by Gasteiger charge is -2.17. The van der Waals surface area contributed by atoms with Gasteiger partial charge in [0.1, 0.15) is 5.69 Å². The molecular weight excluding hydrogens is 338 g/mol. The molecule has 0 saturated carbocycles. The fraction of sp³-hybridized carbons (Fsp3) is 0.238. The van der Waals surface area contributed by atoms with E-state index in [1.807, 2.05) is 24.3 Å². The summed E-state index contributed by atoms with van der Waals surface area (Å²) in [4.78, 5) is 26.9. The molecule has 6 nitrogen and oxygen atoms in total. The van der Waals surface area contributed by atoms with Gasteiger partial charge in [-0.2, -0.15) is 0 Å². The summed E-state index contributed by atoms with van der Waals surface area (Å²) in [6.07, 6.45) is 5.90. The second-order valence-corrected chi connectivity index (χ2v) is 6.38. The average Bonchev–Trinajstić information content (AvgIpc) is 2.72. The van der Waals surface area contributed by atoms with E-state index in [4.69, 9.17) is 0 Å². The molecule has 0 radical (unpaired) electrons. The molecule has 3 aromatic rings. The molecule has 1 amide bonds. The van der Waals surface area contributed by atoms with Gasteiger partial charge >= 0.3 is 0 Å². The molecule has 27 heavy (non-hydrogen) atoms. The van der Waals surface area contributed by atoms with E-state index in [9.17, 15) is 4.79 Å². The van der Waals surface area contributed by atoms with Crippen LogP contribution in [0.3, 0.4) is 0 Å². The van der Waals surface area contributed by atoms with Gasteiger partial charge in [0.25, 0.3) is 5.91 Å². The van der Waals surface area contributed by atoms with E-state index in [1.54, 1.807) is 36.6 Å². The number of benzene rings is 1. The third-order valence-corrected chi connectivity index (χ3v) is 4.40. The van der Waals surface area contributed by atoms with Crippen molar-refractivity contribution in [2.75, 3.05) is 18.9 Å². The summed E-state index contributed by atoms with van der Waals surface area (Å²) in [5.41, 5.74) is 3.91. The molecular formula is C21H23N5O. The molecule has 0 unspecified atom stereocenters. The molecule has 0 aliphatic rings. The Hall–Kier alpha value is -3.28. The molecule has 1 aromatic carbocycles. The van der Waals surface area contributed by atoms with E-state index >= 15 is 0 Å². The van der Waals surface area contributed by atoms with Crippen LogP contribution >= 0.6 is 0 Å². The zero-order valence-electron chi connectivity index (χ0n) is 15.6. The number of rotatable bonds is 7. The molecule has 0 aliphatic heterocycles. The monoisotopic (exact) mass is 361 g/mol. The fourth-order valence-corrected chi connectivity index (χ4v) is 2.69. The quantitative estimate of drug-likeness (QED) is 0.700. The van der Waals surface area contributed by atoms with Crippen molar-refractivity contribution in [1.29, 1.82) is 0 Å². The van der Waals surface area contributed by atoms with Crippen LogP contribution < -0.4 is 5.32 Å². The topological polar surface area (TPSA) is 71.0 Å². The highest BCUT2D eigenvalue weighted by atomic mass is 16.2. The van der Waals surface area contributed by atoms with E-state index in [0.29, 0.717) is 24.7 Å². The van der Waals surface area contributed by atoms with Crippen molar-refractivity contribution in [3.8, 4) is 0 Å². The molecule has 2 heterocycles. The van der Waals surface area contributed by atoms with Gasteiger partial charge in [0.05, 0.1) is 0 Å². The second kappa shape index (κ2) is 8.89. The lowest BCUT2D eigenvalue weighted by molar-refractivity contribution is 0.0791. The van der Waals surface area contributed by atoms with Gasteiger partial charge in [0.15, 0.2) is 0 Å². The Kier molecular flexibility index (Phi) is 6.10. The van der Waals surface area contributed by atoms with Crippen LogP contribution in [0.5, 0.6) is 0 Å². The first-order valence-electron chi connectivity index (χ1n) is 8.89. The zero-order valence-corrected chi connectivity index (χ0v) is 15.6. The Bertz CT molecular complexity index is 898. The van der Waals surface area contributed by atoms with Crippen LogP contribution in [-0.4, -0.2) is 39.4 Å². The SMILES string of the molecule is Cc1ccccc1CNc1nccc(C(=O)N(C)CCc2ccncc2)n1. The third kappa shape index (κ3) is 5.10. The summed E-state index contributed by atoms with van der Waals surface area (Å²) in [5.74, 6) is 0.331. The number of likely N-dealkylation sites (N-methyl/N-ethyl adjacent to an activating group) is 1. The molecule has 0 saturated heterocycles. The largest absolute Gasteiger partial charge is 0.350 e. The lowest BCUT2D eigenvalue weighted by atomic mass is 10.1. The van der Waals surface area contributed by atoms with Gasteiger partial charge in [0, 0.05) is 38.7 Å². The van der Waals surface area contributed by atoms with E-state index < -0.39 is 0 Å². The van der Waals surface area contributed by atoms with Gasteiger partial charge in [-0.05, 0) is 48.2 Å². The summed E-state index contributed by atoms with van der Waals surface area (Å²) in [6.45, 7) is 3.29. The maximum Gasteiger partial charge on any atom is 0.272 e. The maximum absolute atomic E-state index is 12.6. The lowest BCUT2D eigenvalue weighted by Crippen LogP contribution is -2.29. The third-order valence-electron chi connectivity index (χ3n) is 4.40. The van der Waals surface area contributed by atoms with Gasteiger partial charge < -0.3 is 10.2 Å². The second-order valence-electron chi connectivity index (χ2n) is 6.38. The molecule has 0 spiro atoms.